The monoisotopic (exact) mass is 268 g/mol. The van der Waals surface area contributed by atoms with Gasteiger partial charge in [-0.15, -0.1) is 0 Å². The minimum Gasteiger partial charge on any atom is -0.374 e. The van der Waals surface area contributed by atoms with Gasteiger partial charge in [-0.3, -0.25) is 4.90 Å². The van der Waals surface area contributed by atoms with Crippen molar-refractivity contribution in [3.05, 3.63) is 34.9 Å². The van der Waals surface area contributed by atoms with E-state index in [4.69, 9.17) is 16.3 Å². The highest BCUT2D eigenvalue weighted by molar-refractivity contribution is 6.30. The summed E-state index contributed by atoms with van der Waals surface area (Å²) in [5, 5.41) is 4.15. The first kappa shape index (κ1) is 13.8. The second kappa shape index (κ2) is 6.53. The first-order valence-corrected chi connectivity index (χ1v) is 6.82. The number of benzene rings is 1. The van der Waals surface area contributed by atoms with Gasteiger partial charge in [-0.1, -0.05) is 23.7 Å². The number of nitrogens with zero attached hydrogens (tertiary/aromatic N) is 1. The van der Waals surface area contributed by atoms with Crippen molar-refractivity contribution in [1.82, 2.24) is 10.2 Å². The average molecular weight is 269 g/mol. The Morgan fingerprint density at radius 2 is 2.39 bits per heavy atom. The van der Waals surface area contributed by atoms with Gasteiger partial charge in [-0.25, -0.2) is 0 Å². The summed E-state index contributed by atoms with van der Waals surface area (Å²) in [6.45, 7) is 5.84. The Balaban J connectivity index is 1.93. The van der Waals surface area contributed by atoms with Crippen LogP contribution in [0.4, 0.5) is 0 Å². The first-order chi connectivity index (χ1) is 8.66. The zero-order valence-electron chi connectivity index (χ0n) is 11.0. The van der Waals surface area contributed by atoms with Gasteiger partial charge in [-0.2, -0.15) is 0 Å². The predicted octanol–water partition coefficient (Wildman–Crippen LogP) is 2.32. The maximum atomic E-state index is 6.03. The molecule has 2 atom stereocenters. The van der Waals surface area contributed by atoms with Crippen molar-refractivity contribution in [3.63, 3.8) is 0 Å². The highest BCUT2D eigenvalue weighted by Crippen LogP contribution is 2.22. The van der Waals surface area contributed by atoms with Crippen molar-refractivity contribution >= 4 is 11.6 Å². The van der Waals surface area contributed by atoms with E-state index in [-0.39, 0.29) is 6.10 Å². The van der Waals surface area contributed by atoms with Crippen molar-refractivity contribution in [2.24, 2.45) is 0 Å². The largest absolute Gasteiger partial charge is 0.374 e. The van der Waals surface area contributed by atoms with E-state index in [9.17, 15) is 0 Å². The van der Waals surface area contributed by atoms with Gasteiger partial charge in [0.1, 0.15) is 0 Å². The Morgan fingerprint density at radius 3 is 3.06 bits per heavy atom. The molecular weight excluding hydrogens is 248 g/mol. The van der Waals surface area contributed by atoms with Crippen molar-refractivity contribution in [2.45, 2.75) is 19.1 Å². The van der Waals surface area contributed by atoms with Gasteiger partial charge < -0.3 is 10.1 Å². The van der Waals surface area contributed by atoms with Crippen LogP contribution >= 0.6 is 11.6 Å². The lowest BCUT2D eigenvalue weighted by Crippen LogP contribution is -2.44. The van der Waals surface area contributed by atoms with Gasteiger partial charge in [-0.05, 0) is 31.7 Å². The van der Waals surface area contributed by atoms with E-state index in [2.05, 4.69) is 30.3 Å². The third-order valence-corrected chi connectivity index (χ3v) is 3.72. The Kier molecular flexibility index (Phi) is 5.01. The van der Waals surface area contributed by atoms with E-state index in [0.29, 0.717) is 6.04 Å². The van der Waals surface area contributed by atoms with Crippen LogP contribution in [0.25, 0.3) is 0 Å². The molecule has 1 N–H and O–H groups in total. The van der Waals surface area contributed by atoms with Crippen LogP contribution in [0, 0.1) is 0 Å². The van der Waals surface area contributed by atoms with Crippen LogP contribution in [0.1, 0.15) is 18.5 Å². The number of ether oxygens (including phenoxy) is 1. The second-order valence-electron chi connectivity index (χ2n) is 4.87. The number of hydrogen-bond acceptors (Lipinski definition) is 3. The molecule has 18 heavy (non-hydrogen) atoms. The molecule has 2 rings (SSSR count). The molecule has 1 saturated heterocycles. The Morgan fingerprint density at radius 1 is 1.56 bits per heavy atom. The number of hydrogen-bond donors (Lipinski definition) is 1. The Bertz CT molecular complexity index is 380. The topological polar surface area (TPSA) is 24.5 Å². The summed E-state index contributed by atoms with van der Waals surface area (Å²) in [4.78, 5) is 2.31. The van der Waals surface area contributed by atoms with Crippen molar-refractivity contribution in [3.8, 4) is 0 Å². The third kappa shape index (κ3) is 3.69. The second-order valence-corrected chi connectivity index (χ2v) is 5.30. The van der Waals surface area contributed by atoms with E-state index in [1.54, 1.807) is 0 Å². The van der Waals surface area contributed by atoms with E-state index >= 15 is 0 Å². The molecule has 0 spiro atoms. The first-order valence-electron chi connectivity index (χ1n) is 6.45. The van der Waals surface area contributed by atoms with Gasteiger partial charge in [0, 0.05) is 30.7 Å². The van der Waals surface area contributed by atoms with Crippen LogP contribution < -0.4 is 5.32 Å². The predicted molar refractivity (Wildman–Crippen MR) is 75.1 cm³/mol. The lowest BCUT2D eigenvalue weighted by atomic mass is 10.1. The summed E-state index contributed by atoms with van der Waals surface area (Å²) in [6.07, 6.45) is 0.283. The lowest BCUT2D eigenvalue weighted by molar-refractivity contribution is 0.00393. The molecule has 100 valence electrons. The van der Waals surface area contributed by atoms with E-state index in [0.717, 1.165) is 31.3 Å². The molecule has 0 saturated carbocycles. The van der Waals surface area contributed by atoms with E-state index in [1.165, 1.54) is 5.56 Å². The summed E-state index contributed by atoms with van der Waals surface area (Å²) >= 11 is 6.03. The van der Waals surface area contributed by atoms with Gasteiger partial charge in [0.05, 0.1) is 12.7 Å². The molecule has 1 heterocycles. The fourth-order valence-corrected chi connectivity index (χ4v) is 2.44. The average Bonchev–Trinajstić information content (AvgIpc) is 2.39. The summed E-state index contributed by atoms with van der Waals surface area (Å²) in [5.41, 5.74) is 1.24. The maximum Gasteiger partial charge on any atom is 0.0826 e. The van der Waals surface area contributed by atoms with Gasteiger partial charge in [0.2, 0.25) is 0 Å². The number of halogens is 1. The number of nitrogens with one attached hydrogen (secondary N) is 1. The molecule has 0 radical (unpaired) electrons. The van der Waals surface area contributed by atoms with Crippen LogP contribution in [0.15, 0.2) is 24.3 Å². The maximum absolute atomic E-state index is 6.03. The fraction of sp³-hybridized carbons (Fsp3) is 0.571. The third-order valence-electron chi connectivity index (χ3n) is 3.49. The molecular formula is C14H21ClN2O. The summed E-state index contributed by atoms with van der Waals surface area (Å²) in [6, 6.07) is 8.40. The van der Waals surface area contributed by atoms with Crippen LogP contribution in [0.5, 0.6) is 0 Å². The van der Waals surface area contributed by atoms with Crippen LogP contribution in [0.2, 0.25) is 5.02 Å². The fourth-order valence-electron chi connectivity index (χ4n) is 2.24. The molecule has 0 aliphatic carbocycles. The van der Waals surface area contributed by atoms with Crippen LogP contribution in [0.3, 0.4) is 0 Å². The number of morpholine rings is 1. The summed E-state index contributed by atoms with van der Waals surface area (Å²) in [7, 11) is 2.13. The zero-order chi connectivity index (χ0) is 13.0. The molecule has 1 aromatic rings. The molecule has 1 aliphatic heterocycles. The molecule has 1 fully saturated rings. The highest BCUT2D eigenvalue weighted by atomic mass is 35.5. The quantitative estimate of drug-likeness (QED) is 0.907. The number of rotatable bonds is 4. The SMILES string of the molecule is CC(c1cccc(Cl)c1)N(C)CC1CNCCO1. The van der Waals surface area contributed by atoms with Gasteiger partial charge >= 0.3 is 0 Å². The van der Waals surface area contributed by atoms with E-state index in [1.807, 2.05) is 18.2 Å². The lowest BCUT2D eigenvalue weighted by Gasteiger charge is -2.31. The molecule has 0 amide bonds. The van der Waals surface area contributed by atoms with Crippen molar-refractivity contribution in [1.29, 1.82) is 0 Å². The molecule has 4 heteroatoms. The van der Waals surface area contributed by atoms with Crippen LogP contribution in [-0.4, -0.2) is 44.3 Å². The molecule has 0 bridgehead atoms. The zero-order valence-corrected chi connectivity index (χ0v) is 11.8. The van der Waals surface area contributed by atoms with E-state index < -0.39 is 0 Å². The van der Waals surface area contributed by atoms with Gasteiger partial charge in [0.25, 0.3) is 0 Å². The minimum absolute atomic E-state index is 0.283. The van der Waals surface area contributed by atoms with Crippen LogP contribution in [-0.2, 0) is 4.74 Å². The van der Waals surface area contributed by atoms with Crippen molar-refractivity contribution in [2.75, 3.05) is 33.3 Å². The molecule has 3 nitrogen and oxygen atoms in total. The normalized spacial score (nSPS) is 22.1. The standard InChI is InChI=1S/C14H21ClN2O/c1-11(12-4-3-5-13(15)8-12)17(2)10-14-9-16-6-7-18-14/h3-5,8,11,14,16H,6-7,9-10H2,1-2H3. The Hall–Kier alpha value is -0.610. The van der Waals surface area contributed by atoms with Crippen molar-refractivity contribution < 1.29 is 4.74 Å². The molecule has 1 aromatic carbocycles. The number of likely N-dealkylation sites (N-methyl/N-ethyl adjacent to an activating group) is 1. The molecule has 1 aliphatic rings. The Labute approximate surface area is 114 Å². The summed E-state index contributed by atoms with van der Waals surface area (Å²) < 4.78 is 5.73. The summed E-state index contributed by atoms with van der Waals surface area (Å²) in [5.74, 6) is 0. The highest BCUT2D eigenvalue weighted by Gasteiger charge is 2.19. The smallest absolute Gasteiger partial charge is 0.0826 e. The minimum atomic E-state index is 0.283. The van der Waals surface area contributed by atoms with Gasteiger partial charge in [0.15, 0.2) is 0 Å². The molecule has 0 aromatic heterocycles. The molecule has 2 unspecified atom stereocenters.